The first-order valence-corrected chi connectivity index (χ1v) is 7.76. The summed E-state index contributed by atoms with van der Waals surface area (Å²) in [6.07, 6.45) is 0.234. The van der Waals surface area contributed by atoms with Crippen LogP contribution in [0.2, 0.25) is 0 Å². The molecule has 0 aliphatic heterocycles. The van der Waals surface area contributed by atoms with Crippen molar-refractivity contribution in [3.8, 4) is 11.1 Å². The molecule has 4 N–H and O–H groups in total. The van der Waals surface area contributed by atoms with Gasteiger partial charge in [0.05, 0.1) is 5.56 Å². The summed E-state index contributed by atoms with van der Waals surface area (Å²) in [5.74, 6) is -1.24. The van der Waals surface area contributed by atoms with Crippen molar-refractivity contribution in [2.45, 2.75) is 12.5 Å². The molecule has 2 aromatic rings. The Bertz CT molecular complexity index is 704. The van der Waals surface area contributed by atoms with E-state index < -0.39 is 17.9 Å². The molecule has 0 saturated heterocycles. The topological polar surface area (TPSA) is 92.4 Å². The molecule has 0 bridgehead atoms. The number of nitrogens with one attached hydrogen (secondary N) is 1. The molecule has 0 fully saturated rings. The number of nitrogen functional groups attached to an aromatic ring is 1. The van der Waals surface area contributed by atoms with Crippen molar-refractivity contribution in [2.75, 3.05) is 11.5 Å². The third-order valence-electron chi connectivity index (χ3n) is 3.43. The zero-order valence-electron chi connectivity index (χ0n) is 12.4. The average molecular weight is 330 g/mol. The number of benzene rings is 2. The van der Waals surface area contributed by atoms with Crippen molar-refractivity contribution in [1.29, 1.82) is 0 Å². The molecule has 6 heteroatoms. The minimum Gasteiger partial charge on any atom is -0.480 e. The minimum atomic E-state index is -1.09. The number of hydrogen-bond acceptors (Lipinski definition) is 4. The third-order valence-corrected chi connectivity index (χ3v) is 3.69. The molecular formula is C17H18N2O3S. The first kappa shape index (κ1) is 16.9. The predicted octanol–water partition coefficient (Wildman–Crippen LogP) is 2.44. The van der Waals surface area contributed by atoms with Crippen LogP contribution in [0.25, 0.3) is 11.1 Å². The van der Waals surface area contributed by atoms with E-state index >= 15 is 0 Å². The maximum atomic E-state index is 12.6. The van der Waals surface area contributed by atoms with Crippen LogP contribution in [0.15, 0.2) is 48.5 Å². The Balaban J connectivity index is 2.39. The Hall–Kier alpha value is -2.47. The highest BCUT2D eigenvalue weighted by atomic mass is 32.1. The van der Waals surface area contributed by atoms with E-state index in [1.165, 1.54) is 0 Å². The quantitative estimate of drug-likeness (QED) is 0.483. The summed E-state index contributed by atoms with van der Waals surface area (Å²) in [5, 5.41) is 11.7. The van der Waals surface area contributed by atoms with Crippen LogP contribution in [-0.4, -0.2) is 28.8 Å². The number of aliphatic carboxylic acids is 1. The van der Waals surface area contributed by atoms with Gasteiger partial charge in [0, 0.05) is 5.69 Å². The van der Waals surface area contributed by atoms with Crippen molar-refractivity contribution in [1.82, 2.24) is 5.32 Å². The van der Waals surface area contributed by atoms with E-state index in [0.717, 1.165) is 5.56 Å². The summed E-state index contributed by atoms with van der Waals surface area (Å²) in [4.78, 5) is 23.8. The smallest absolute Gasteiger partial charge is 0.326 e. The first-order chi connectivity index (χ1) is 11.0. The zero-order chi connectivity index (χ0) is 16.8. The van der Waals surface area contributed by atoms with Gasteiger partial charge in [0.15, 0.2) is 0 Å². The van der Waals surface area contributed by atoms with Gasteiger partial charge in [0.2, 0.25) is 0 Å². The Morgan fingerprint density at radius 3 is 2.43 bits per heavy atom. The molecule has 1 atom stereocenters. The number of carbonyl (C=O) groups excluding carboxylic acids is 1. The number of rotatable bonds is 6. The van der Waals surface area contributed by atoms with Crippen LogP contribution in [0, 0.1) is 0 Å². The normalized spacial score (nSPS) is 11.7. The fourth-order valence-corrected chi connectivity index (χ4v) is 2.56. The largest absolute Gasteiger partial charge is 0.480 e. The van der Waals surface area contributed by atoms with Gasteiger partial charge in [-0.2, -0.15) is 12.6 Å². The Kier molecular flexibility index (Phi) is 5.65. The lowest BCUT2D eigenvalue weighted by Gasteiger charge is -2.17. The second-order valence-electron chi connectivity index (χ2n) is 5.01. The minimum absolute atomic E-state index is 0.234. The molecule has 0 unspecified atom stereocenters. The van der Waals surface area contributed by atoms with Gasteiger partial charge < -0.3 is 16.2 Å². The van der Waals surface area contributed by atoms with Gasteiger partial charge in [-0.05, 0) is 29.4 Å². The van der Waals surface area contributed by atoms with E-state index in [2.05, 4.69) is 17.9 Å². The Labute approximate surface area is 139 Å². The lowest BCUT2D eigenvalue weighted by atomic mass is 9.97. The van der Waals surface area contributed by atoms with Gasteiger partial charge in [0.1, 0.15) is 6.04 Å². The first-order valence-electron chi connectivity index (χ1n) is 7.13. The SMILES string of the molecule is Nc1cccc(-c2ccccc2)c1C(=O)N[C@@H](CCS)C(=O)O. The van der Waals surface area contributed by atoms with Crippen LogP contribution in [0.5, 0.6) is 0 Å². The fraction of sp³-hybridized carbons (Fsp3) is 0.176. The summed E-state index contributed by atoms with van der Waals surface area (Å²) in [6, 6.07) is 13.5. The molecule has 1 amide bonds. The highest BCUT2D eigenvalue weighted by Gasteiger charge is 2.23. The van der Waals surface area contributed by atoms with Crippen molar-refractivity contribution in [3.63, 3.8) is 0 Å². The van der Waals surface area contributed by atoms with E-state index in [4.69, 9.17) is 5.73 Å². The van der Waals surface area contributed by atoms with Crippen LogP contribution < -0.4 is 11.1 Å². The molecular weight excluding hydrogens is 312 g/mol. The number of anilines is 1. The summed E-state index contributed by atoms with van der Waals surface area (Å²) in [7, 11) is 0. The lowest BCUT2D eigenvalue weighted by molar-refractivity contribution is -0.139. The van der Waals surface area contributed by atoms with E-state index in [1.54, 1.807) is 18.2 Å². The zero-order valence-corrected chi connectivity index (χ0v) is 13.3. The van der Waals surface area contributed by atoms with E-state index in [0.29, 0.717) is 17.0 Å². The monoisotopic (exact) mass is 330 g/mol. The number of carboxylic acid groups (broad SMARTS) is 1. The second-order valence-corrected chi connectivity index (χ2v) is 5.46. The second kappa shape index (κ2) is 7.69. The summed E-state index contributed by atoms with van der Waals surface area (Å²) in [6.45, 7) is 0. The predicted molar refractivity (Wildman–Crippen MR) is 93.7 cm³/mol. The van der Waals surface area contributed by atoms with Crippen LogP contribution in [0.4, 0.5) is 5.69 Å². The summed E-state index contributed by atoms with van der Waals surface area (Å²) < 4.78 is 0. The van der Waals surface area contributed by atoms with Crippen molar-refractivity contribution >= 4 is 30.2 Å². The number of nitrogens with two attached hydrogens (primary N) is 1. The summed E-state index contributed by atoms with van der Waals surface area (Å²) >= 11 is 4.02. The number of amides is 1. The molecule has 5 nitrogen and oxygen atoms in total. The molecule has 2 rings (SSSR count). The number of carboxylic acids is 1. The molecule has 0 aliphatic rings. The third kappa shape index (κ3) is 4.04. The maximum absolute atomic E-state index is 12.6. The number of carbonyl (C=O) groups is 2. The van der Waals surface area contributed by atoms with Gasteiger partial charge in [-0.25, -0.2) is 4.79 Å². The van der Waals surface area contributed by atoms with Crippen LogP contribution in [-0.2, 0) is 4.79 Å². The van der Waals surface area contributed by atoms with Gasteiger partial charge in [-0.1, -0.05) is 42.5 Å². The molecule has 0 radical (unpaired) electrons. The van der Waals surface area contributed by atoms with Gasteiger partial charge in [0.25, 0.3) is 5.91 Å². The molecule has 2 aromatic carbocycles. The number of hydrogen-bond donors (Lipinski definition) is 4. The van der Waals surface area contributed by atoms with Gasteiger partial charge >= 0.3 is 5.97 Å². The molecule has 0 heterocycles. The van der Waals surface area contributed by atoms with Gasteiger partial charge in [-0.15, -0.1) is 0 Å². The Morgan fingerprint density at radius 2 is 1.83 bits per heavy atom. The molecule has 120 valence electrons. The van der Waals surface area contributed by atoms with Crippen molar-refractivity contribution < 1.29 is 14.7 Å². The van der Waals surface area contributed by atoms with Crippen LogP contribution in [0.1, 0.15) is 16.8 Å². The average Bonchev–Trinajstić information content (AvgIpc) is 2.54. The Morgan fingerprint density at radius 1 is 1.13 bits per heavy atom. The molecule has 0 saturated carbocycles. The molecule has 0 aromatic heterocycles. The standard InChI is InChI=1S/C17H18N2O3S/c18-13-8-4-7-12(11-5-2-1-3-6-11)15(13)16(20)19-14(9-10-23)17(21)22/h1-8,14,23H,9-10,18H2,(H,19,20)(H,21,22)/t14-/m0/s1. The van der Waals surface area contributed by atoms with Crippen molar-refractivity contribution in [2.24, 2.45) is 0 Å². The van der Waals surface area contributed by atoms with E-state index in [-0.39, 0.29) is 12.0 Å². The molecule has 0 aliphatic carbocycles. The fourth-order valence-electron chi connectivity index (χ4n) is 2.30. The molecule has 23 heavy (non-hydrogen) atoms. The highest BCUT2D eigenvalue weighted by molar-refractivity contribution is 7.80. The van der Waals surface area contributed by atoms with Crippen LogP contribution >= 0.6 is 12.6 Å². The summed E-state index contributed by atoms with van der Waals surface area (Å²) in [5.41, 5.74) is 8.05. The lowest BCUT2D eigenvalue weighted by Crippen LogP contribution is -2.41. The van der Waals surface area contributed by atoms with Crippen molar-refractivity contribution in [3.05, 3.63) is 54.1 Å². The highest BCUT2D eigenvalue weighted by Crippen LogP contribution is 2.27. The number of thiol groups is 1. The maximum Gasteiger partial charge on any atom is 0.326 e. The van der Waals surface area contributed by atoms with E-state index in [1.807, 2.05) is 30.3 Å². The van der Waals surface area contributed by atoms with E-state index in [9.17, 15) is 14.7 Å². The van der Waals surface area contributed by atoms with Crippen LogP contribution in [0.3, 0.4) is 0 Å². The van der Waals surface area contributed by atoms with Gasteiger partial charge in [-0.3, -0.25) is 4.79 Å². The molecule has 0 spiro atoms.